The molecule has 1 saturated heterocycles. The van der Waals surface area contributed by atoms with Crippen molar-refractivity contribution in [2.75, 3.05) is 13.1 Å². The molecule has 3 rings (SSSR count). The molecule has 0 bridgehead atoms. The van der Waals surface area contributed by atoms with Crippen molar-refractivity contribution in [1.82, 2.24) is 9.62 Å². The molecule has 1 N–H and O–H groups in total. The largest absolute Gasteiger partial charge is 0.351 e. The van der Waals surface area contributed by atoms with Crippen LogP contribution in [0.25, 0.3) is 0 Å². The zero-order chi connectivity index (χ0) is 19.4. The van der Waals surface area contributed by atoms with Crippen LogP contribution in [-0.2, 0) is 10.0 Å². The van der Waals surface area contributed by atoms with E-state index in [9.17, 15) is 13.2 Å². The van der Waals surface area contributed by atoms with Gasteiger partial charge in [0.05, 0.1) is 9.77 Å². The van der Waals surface area contributed by atoms with Gasteiger partial charge in [0.1, 0.15) is 0 Å². The maximum atomic E-state index is 13.1. The Morgan fingerprint density at radius 3 is 2.59 bits per heavy atom. The van der Waals surface area contributed by atoms with Gasteiger partial charge in [0, 0.05) is 19.1 Å². The maximum Gasteiger partial charge on any atom is 0.261 e. The summed E-state index contributed by atoms with van der Waals surface area (Å²) in [6.07, 6.45) is 3.35. The topological polar surface area (TPSA) is 66.5 Å². The highest BCUT2D eigenvalue weighted by atomic mass is 32.2. The molecule has 1 aliphatic heterocycles. The number of nitrogens with one attached hydrogen (secondary N) is 1. The van der Waals surface area contributed by atoms with Crippen molar-refractivity contribution in [2.45, 2.75) is 50.5 Å². The van der Waals surface area contributed by atoms with Gasteiger partial charge in [-0.25, -0.2) is 8.42 Å². The van der Waals surface area contributed by atoms with Gasteiger partial charge in [-0.2, -0.15) is 4.31 Å². The quantitative estimate of drug-likeness (QED) is 0.795. The normalized spacial score (nSPS) is 18.4. The van der Waals surface area contributed by atoms with Gasteiger partial charge in [0.2, 0.25) is 10.0 Å². The van der Waals surface area contributed by atoms with E-state index in [4.69, 9.17) is 0 Å². The maximum absolute atomic E-state index is 13.1. The van der Waals surface area contributed by atoms with E-state index in [0.29, 0.717) is 29.3 Å². The van der Waals surface area contributed by atoms with Gasteiger partial charge in [-0.05, 0) is 62.3 Å². The molecular weight excluding hydrogens is 380 g/mol. The zero-order valence-electron chi connectivity index (χ0n) is 15.8. The number of sulfonamides is 1. The summed E-state index contributed by atoms with van der Waals surface area (Å²) in [5, 5.41) is 4.88. The third-order valence-corrected chi connectivity index (χ3v) is 7.93. The molecule has 0 saturated carbocycles. The minimum Gasteiger partial charge on any atom is -0.351 e. The smallest absolute Gasteiger partial charge is 0.261 e. The van der Waals surface area contributed by atoms with E-state index in [1.54, 1.807) is 16.4 Å². The molecule has 1 aromatic heterocycles. The lowest BCUT2D eigenvalue weighted by atomic mass is 10.0. The highest BCUT2D eigenvalue weighted by molar-refractivity contribution is 7.89. The van der Waals surface area contributed by atoms with E-state index in [1.165, 1.54) is 11.3 Å². The number of nitrogens with zero attached hydrogens (tertiary/aromatic N) is 1. The average molecular weight is 407 g/mol. The molecule has 2 aromatic rings. The van der Waals surface area contributed by atoms with Crippen LogP contribution >= 0.6 is 11.3 Å². The van der Waals surface area contributed by atoms with Gasteiger partial charge in [-0.15, -0.1) is 11.3 Å². The molecule has 1 unspecified atom stereocenters. The minimum atomic E-state index is -3.50. The molecule has 146 valence electrons. The Morgan fingerprint density at radius 2 is 1.93 bits per heavy atom. The molecule has 1 atom stereocenters. The first-order chi connectivity index (χ1) is 12.9. The number of rotatable bonds is 6. The number of hydrogen-bond donors (Lipinski definition) is 1. The molecule has 0 aliphatic carbocycles. The number of aryl methyl sites for hydroxylation is 2. The first-order valence-electron chi connectivity index (χ1n) is 9.30. The van der Waals surface area contributed by atoms with Crippen LogP contribution in [0, 0.1) is 13.8 Å². The minimum absolute atomic E-state index is 0.0737. The van der Waals surface area contributed by atoms with Crippen molar-refractivity contribution < 1.29 is 13.2 Å². The summed E-state index contributed by atoms with van der Waals surface area (Å²) in [7, 11) is -3.50. The van der Waals surface area contributed by atoms with Crippen molar-refractivity contribution >= 4 is 27.3 Å². The summed E-state index contributed by atoms with van der Waals surface area (Å²) < 4.78 is 27.8. The monoisotopic (exact) mass is 406 g/mol. The van der Waals surface area contributed by atoms with Crippen LogP contribution in [0.4, 0.5) is 0 Å². The second-order valence-corrected chi connectivity index (χ2v) is 9.91. The molecule has 7 heteroatoms. The standard InChI is InChI=1S/C20H26N2O3S2/c1-15-6-8-18(9-7-15)27(24,25)22-12-4-3-5-17(22)10-11-21-20(23)19-13-16(2)14-26-19/h6-9,13-14,17H,3-5,10-12H2,1-2H3,(H,21,23). The highest BCUT2D eigenvalue weighted by Crippen LogP contribution is 2.27. The van der Waals surface area contributed by atoms with Crippen molar-refractivity contribution in [3.05, 3.63) is 51.7 Å². The van der Waals surface area contributed by atoms with E-state index in [0.717, 1.165) is 30.4 Å². The Hall–Kier alpha value is -1.70. The fourth-order valence-electron chi connectivity index (χ4n) is 3.41. The number of piperidine rings is 1. The lowest BCUT2D eigenvalue weighted by Gasteiger charge is -2.34. The van der Waals surface area contributed by atoms with Crippen molar-refractivity contribution in [3.8, 4) is 0 Å². The molecule has 1 fully saturated rings. The summed E-state index contributed by atoms with van der Waals surface area (Å²) in [6.45, 7) is 4.92. The van der Waals surface area contributed by atoms with Crippen LogP contribution < -0.4 is 5.32 Å². The summed E-state index contributed by atoms with van der Waals surface area (Å²) in [4.78, 5) is 13.2. The Labute approximate surface area is 165 Å². The fraction of sp³-hybridized carbons (Fsp3) is 0.450. The number of amides is 1. The Morgan fingerprint density at radius 1 is 1.19 bits per heavy atom. The molecule has 1 amide bonds. The number of thiophene rings is 1. The van der Waals surface area contributed by atoms with Crippen LogP contribution in [0.1, 0.15) is 46.5 Å². The van der Waals surface area contributed by atoms with Gasteiger partial charge in [-0.1, -0.05) is 24.1 Å². The summed E-state index contributed by atoms with van der Waals surface area (Å²) in [5.74, 6) is -0.0862. The van der Waals surface area contributed by atoms with Gasteiger partial charge < -0.3 is 5.32 Å². The van der Waals surface area contributed by atoms with Crippen molar-refractivity contribution in [2.24, 2.45) is 0 Å². The highest BCUT2D eigenvalue weighted by Gasteiger charge is 2.33. The molecule has 2 heterocycles. The van der Waals surface area contributed by atoms with Crippen LogP contribution in [0.3, 0.4) is 0 Å². The molecule has 27 heavy (non-hydrogen) atoms. The fourth-order valence-corrected chi connectivity index (χ4v) is 5.95. The van der Waals surface area contributed by atoms with Crippen molar-refractivity contribution in [1.29, 1.82) is 0 Å². The number of carbonyl (C=O) groups is 1. The van der Waals surface area contributed by atoms with Crippen LogP contribution in [0.2, 0.25) is 0 Å². The SMILES string of the molecule is Cc1ccc(S(=O)(=O)N2CCCCC2CCNC(=O)c2cc(C)cs2)cc1. The molecule has 0 radical (unpaired) electrons. The summed E-state index contributed by atoms with van der Waals surface area (Å²) >= 11 is 1.43. The predicted molar refractivity (Wildman–Crippen MR) is 109 cm³/mol. The van der Waals surface area contributed by atoms with Gasteiger partial charge in [0.25, 0.3) is 5.91 Å². The van der Waals surface area contributed by atoms with E-state index in [2.05, 4.69) is 5.32 Å². The second-order valence-electron chi connectivity index (χ2n) is 7.11. The molecule has 1 aromatic carbocycles. The Kier molecular flexibility index (Phi) is 6.34. The predicted octanol–water partition coefficient (Wildman–Crippen LogP) is 3.73. The lowest BCUT2D eigenvalue weighted by molar-refractivity contribution is 0.0953. The molecule has 5 nitrogen and oxygen atoms in total. The number of hydrogen-bond acceptors (Lipinski definition) is 4. The molecule has 1 aliphatic rings. The summed E-state index contributed by atoms with van der Waals surface area (Å²) in [6, 6.07) is 8.81. The van der Waals surface area contributed by atoms with E-state index >= 15 is 0 Å². The molecular formula is C20H26N2O3S2. The Balaban J connectivity index is 1.64. The Bertz CT molecular complexity index is 888. The first kappa shape index (κ1) is 20.0. The number of benzene rings is 1. The van der Waals surface area contributed by atoms with Crippen LogP contribution in [0.5, 0.6) is 0 Å². The van der Waals surface area contributed by atoms with Crippen LogP contribution in [0.15, 0.2) is 40.6 Å². The van der Waals surface area contributed by atoms with Crippen molar-refractivity contribution in [3.63, 3.8) is 0 Å². The van der Waals surface area contributed by atoms with E-state index in [-0.39, 0.29) is 11.9 Å². The van der Waals surface area contributed by atoms with Gasteiger partial charge in [0.15, 0.2) is 0 Å². The van der Waals surface area contributed by atoms with Gasteiger partial charge >= 0.3 is 0 Å². The first-order valence-corrected chi connectivity index (χ1v) is 11.6. The lowest BCUT2D eigenvalue weighted by Crippen LogP contribution is -2.45. The number of carbonyl (C=O) groups excluding carboxylic acids is 1. The average Bonchev–Trinajstić information content (AvgIpc) is 3.09. The van der Waals surface area contributed by atoms with Gasteiger partial charge in [-0.3, -0.25) is 4.79 Å². The van der Waals surface area contributed by atoms with E-state index < -0.39 is 10.0 Å². The third kappa shape index (κ3) is 4.78. The zero-order valence-corrected chi connectivity index (χ0v) is 17.4. The molecule has 0 spiro atoms. The summed E-state index contributed by atoms with van der Waals surface area (Å²) in [5.41, 5.74) is 2.11. The van der Waals surface area contributed by atoms with E-state index in [1.807, 2.05) is 37.4 Å². The third-order valence-electron chi connectivity index (χ3n) is 4.92. The second kappa shape index (κ2) is 8.54. The van der Waals surface area contributed by atoms with Crippen LogP contribution in [-0.4, -0.2) is 37.8 Å².